The first kappa shape index (κ1) is 13.4. The molecule has 0 bridgehead atoms. The summed E-state index contributed by atoms with van der Waals surface area (Å²) in [7, 11) is 0. The third-order valence-electron chi connectivity index (χ3n) is 3.21. The van der Waals surface area contributed by atoms with Crippen LogP contribution < -0.4 is 10.1 Å². The molecule has 102 valence electrons. The van der Waals surface area contributed by atoms with Crippen LogP contribution in [0.3, 0.4) is 0 Å². The molecule has 0 radical (unpaired) electrons. The molecule has 0 saturated heterocycles. The van der Waals surface area contributed by atoms with Crippen LogP contribution in [0.15, 0.2) is 42.5 Å². The highest BCUT2D eigenvalue weighted by molar-refractivity contribution is 14.1. The van der Waals surface area contributed by atoms with E-state index in [1.807, 2.05) is 46.9 Å². The zero-order valence-corrected chi connectivity index (χ0v) is 12.6. The lowest BCUT2D eigenvalue weighted by molar-refractivity contribution is -0.117. The average molecular weight is 383 g/mol. The van der Waals surface area contributed by atoms with Gasteiger partial charge < -0.3 is 10.1 Å². The minimum Gasteiger partial charge on any atom is -0.492 e. The number of fused-ring (bicyclic) bond motifs is 1. The van der Waals surface area contributed by atoms with Gasteiger partial charge >= 0.3 is 0 Å². The number of ether oxygens (including phenoxy) is 1. The van der Waals surface area contributed by atoms with Crippen LogP contribution in [-0.4, -0.2) is 12.5 Å². The summed E-state index contributed by atoms with van der Waals surface area (Å²) in [6.45, 7) is 0.336. The molecule has 0 fully saturated rings. The van der Waals surface area contributed by atoms with Crippen LogP contribution in [-0.2, 0) is 4.79 Å². The van der Waals surface area contributed by atoms with Gasteiger partial charge in [-0.1, -0.05) is 18.2 Å². The van der Waals surface area contributed by atoms with Crippen LogP contribution in [0.5, 0.6) is 5.75 Å². The lowest BCUT2D eigenvalue weighted by Crippen LogP contribution is -2.22. The fourth-order valence-corrected chi connectivity index (χ4v) is 2.80. The molecular weight excluding hydrogens is 372 g/mol. The van der Waals surface area contributed by atoms with E-state index in [9.17, 15) is 9.18 Å². The van der Waals surface area contributed by atoms with Gasteiger partial charge in [-0.3, -0.25) is 4.79 Å². The van der Waals surface area contributed by atoms with E-state index in [2.05, 4.69) is 5.32 Å². The van der Waals surface area contributed by atoms with E-state index in [4.69, 9.17) is 4.74 Å². The van der Waals surface area contributed by atoms with Crippen molar-refractivity contribution in [2.24, 2.45) is 0 Å². The van der Waals surface area contributed by atoms with E-state index in [0.29, 0.717) is 15.9 Å². The Hall–Kier alpha value is -1.63. The third-order valence-corrected chi connectivity index (χ3v) is 4.10. The maximum absolute atomic E-state index is 13.0. The second-order valence-electron chi connectivity index (χ2n) is 4.51. The molecule has 0 spiro atoms. The molecule has 2 aromatic carbocycles. The van der Waals surface area contributed by atoms with Gasteiger partial charge in [-0.05, 0) is 46.9 Å². The zero-order valence-electron chi connectivity index (χ0n) is 10.4. The summed E-state index contributed by atoms with van der Waals surface area (Å²) < 4.78 is 19.2. The molecule has 20 heavy (non-hydrogen) atoms. The number of amides is 1. The predicted molar refractivity (Wildman–Crippen MR) is 82.4 cm³/mol. The quantitative estimate of drug-likeness (QED) is 0.806. The van der Waals surface area contributed by atoms with Crippen LogP contribution >= 0.6 is 22.6 Å². The Bertz CT molecular complexity index is 675. The number of nitrogens with one attached hydrogen (secondary N) is 1. The van der Waals surface area contributed by atoms with Gasteiger partial charge in [0, 0.05) is 9.13 Å². The highest BCUT2D eigenvalue weighted by atomic mass is 127. The molecule has 0 aliphatic carbocycles. The molecule has 5 heteroatoms. The van der Waals surface area contributed by atoms with Gasteiger partial charge in [0.1, 0.15) is 24.1 Å². The molecule has 1 amide bonds. The fourth-order valence-electron chi connectivity index (χ4n) is 2.19. The number of carbonyl (C=O) groups excluding carboxylic acids is 1. The molecule has 1 heterocycles. The van der Waals surface area contributed by atoms with Gasteiger partial charge in [0.2, 0.25) is 5.91 Å². The highest BCUT2D eigenvalue weighted by Crippen LogP contribution is 2.34. The Morgan fingerprint density at radius 3 is 2.90 bits per heavy atom. The molecule has 2 aromatic rings. The van der Waals surface area contributed by atoms with Gasteiger partial charge in [-0.25, -0.2) is 4.39 Å². The van der Waals surface area contributed by atoms with Crippen molar-refractivity contribution in [3.63, 3.8) is 0 Å². The minimum atomic E-state index is -0.327. The maximum atomic E-state index is 13.0. The van der Waals surface area contributed by atoms with Gasteiger partial charge in [0.15, 0.2) is 0 Å². The third kappa shape index (κ3) is 2.49. The maximum Gasteiger partial charge on any atom is 0.235 e. The van der Waals surface area contributed by atoms with Crippen molar-refractivity contribution in [2.45, 2.75) is 5.92 Å². The Morgan fingerprint density at radius 1 is 1.30 bits per heavy atom. The number of halogens is 2. The second kappa shape index (κ2) is 5.40. The lowest BCUT2D eigenvalue weighted by atomic mass is 10.0. The lowest BCUT2D eigenvalue weighted by Gasteiger charge is -2.11. The molecule has 1 N–H and O–H groups in total. The fraction of sp³-hybridized carbons (Fsp3) is 0.133. The number of hydrogen-bond donors (Lipinski definition) is 1. The first-order chi connectivity index (χ1) is 9.65. The number of para-hydroxylation sites is 1. The van der Waals surface area contributed by atoms with Crippen molar-refractivity contribution < 1.29 is 13.9 Å². The van der Waals surface area contributed by atoms with Crippen LogP contribution in [0.25, 0.3) is 0 Å². The Balaban J connectivity index is 1.81. The number of anilines is 1. The van der Waals surface area contributed by atoms with Gasteiger partial charge in [-0.15, -0.1) is 0 Å². The number of benzene rings is 2. The van der Waals surface area contributed by atoms with Crippen molar-refractivity contribution in [1.82, 2.24) is 0 Å². The summed E-state index contributed by atoms with van der Waals surface area (Å²) in [5.74, 6) is -0.0325. The van der Waals surface area contributed by atoms with E-state index >= 15 is 0 Å². The summed E-state index contributed by atoms with van der Waals surface area (Å²) in [5, 5.41) is 2.83. The molecule has 0 aromatic heterocycles. The molecule has 0 saturated carbocycles. The van der Waals surface area contributed by atoms with Gasteiger partial charge in [-0.2, -0.15) is 0 Å². The first-order valence-corrected chi connectivity index (χ1v) is 7.20. The van der Waals surface area contributed by atoms with Crippen LogP contribution in [0.1, 0.15) is 11.5 Å². The number of carbonyl (C=O) groups is 1. The van der Waals surface area contributed by atoms with Crippen LogP contribution in [0.4, 0.5) is 10.1 Å². The summed E-state index contributed by atoms with van der Waals surface area (Å²) >= 11 is 2.00. The molecular formula is C15H11FINO2. The van der Waals surface area contributed by atoms with E-state index in [1.165, 1.54) is 12.1 Å². The number of hydrogen-bond acceptors (Lipinski definition) is 2. The predicted octanol–water partition coefficient (Wildman–Crippen LogP) is 3.55. The SMILES string of the molecule is O=C(Nc1ccc(F)cc1I)C1COc2ccccc21. The van der Waals surface area contributed by atoms with E-state index in [0.717, 1.165) is 11.3 Å². The summed E-state index contributed by atoms with van der Waals surface area (Å²) in [6, 6.07) is 11.8. The minimum absolute atomic E-state index is 0.139. The van der Waals surface area contributed by atoms with Crippen molar-refractivity contribution in [3.8, 4) is 5.75 Å². The Labute approximate surface area is 129 Å². The van der Waals surface area contributed by atoms with Crippen molar-refractivity contribution in [1.29, 1.82) is 0 Å². The largest absolute Gasteiger partial charge is 0.492 e. The van der Waals surface area contributed by atoms with Gasteiger partial charge in [0.05, 0.1) is 5.69 Å². The summed E-state index contributed by atoms with van der Waals surface area (Å²) in [4.78, 5) is 12.3. The normalized spacial score (nSPS) is 16.4. The smallest absolute Gasteiger partial charge is 0.235 e. The Morgan fingerprint density at radius 2 is 2.10 bits per heavy atom. The molecule has 1 aliphatic heterocycles. The summed E-state index contributed by atoms with van der Waals surface area (Å²) in [5.41, 5.74) is 1.50. The standard InChI is InChI=1S/C15H11FINO2/c16-9-5-6-13(12(17)7-9)18-15(19)11-8-20-14-4-2-1-3-10(11)14/h1-7,11H,8H2,(H,18,19). The second-order valence-corrected chi connectivity index (χ2v) is 5.68. The van der Waals surface area contributed by atoms with Gasteiger partial charge in [0.25, 0.3) is 0 Å². The van der Waals surface area contributed by atoms with E-state index in [-0.39, 0.29) is 17.6 Å². The summed E-state index contributed by atoms with van der Waals surface area (Å²) in [6.07, 6.45) is 0. The zero-order chi connectivity index (χ0) is 14.1. The van der Waals surface area contributed by atoms with Crippen LogP contribution in [0, 0.1) is 9.39 Å². The molecule has 1 atom stereocenters. The Kier molecular flexibility index (Phi) is 3.60. The monoisotopic (exact) mass is 383 g/mol. The molecule has 3 rings (SSSR count). The van der Waals surface area contributed by atoms with Crippen LogP contribution in [0.2, 0.25) is 0 Å². The van der Waals surface area contributed by atoms with E-state index < -0.39 is 0 Å². The van der Waals surface area contributed by atoms with Crippen molar-refractivity contribution in [3.05, 3.63) is 57.4 Å². The van der Waals surface area contributed by atoms with E-state index in [1.54, 1.807) is 6.07 Å². The molecule has 3 nitrogen and oxygen atoms in total. The topological polar surface area (TPSA) is 38.3 Å². The van der Waals surface area contributed by atoms with Crippen molar-refractivity contribution in [2.75, 3.05) is 11.9 Å². The average Bonchev–Trinajstić information content (AvgIpc) is 2.86. The molecule has 1 unspecified atom stereocenters. The molecule has 1 aliphatic rings. The first-order valence-electron chi connectivity index (χ1n) is 6.13. The van der Waals surface area contributed by atoms with Crippen molar-refractivity contribution >= 4 is 34.2 Å². The number of rotatable bonds is 2. The highest BCUT2D eigenvalue weighted by Gasteiger charge is 2.30.